The van der Waals surface area contributed by atoms with E-state index in [0.717, 1.165) is 0 Å². The summed E-state index contributed by atoms with van der Waals surface area (Å²) < 4.78 is 5.35. The molecule has 0 aliphatic heterocycles. The van der Waals surface area contributed by atoms with Crippen LogP contribution in [0.1, 0.15) is 5.56 Å². The zero-order valence-electron chi connectivity index (χ0n) is 9.39. The smallest absolute Gasteiger partial charge is 0.120 e. The fourth-order valence-corrected chi connectivity index (χ4v) is 1.22. The number of aliphatic hydroxyl groups excluding tert-OH is 1. The first-order valence-electron chi connectivity index (χ1n) is 5.21. The van der Waals surface area contributed by atoms with Crippen LogP contribution in [0.3, 0.4) is 0 Å². The standard InChI is InChI=1S/C13H14N2O2/c1-2-6-15-9-12(16)10-17-13-5-3-4-11(7-13)8-14/h1,3-5,7,12,15-16H,6,9-10H2. The second-order valence-corrected chi connectivity index (χ2v) is 3.44. The minimum Gasteiger partial charge on any atom is -0.491 e. The molecule has 0 aromatic heterocycles. The summed E-state index contributed by atoms with van der Waals surface area (Å²) in [5.74, 6) is 2.98. The van der Waals surface area contributed by atoms with E-state index < -0.39 is 6.10 Å². The van der Waals surface area contributed by atoms with Gasteiger partial charge in [0.1, 0.15) is 18.5 Å². The molecule has 1 aromatic rings. The largest absolute Gasteiger partial charge is 0.491 e. The van der Waals surface area contributed by atoms with Gasteiger partial charge in [-0.15, -0.1) is 6.42 Å². The number of ether oxygens (including phenoxy) is 1. The molecule has 4 nitrogen and oxygen atoms in total. The molecule has 0 saturated carbocycles. The molecule has 0 radical (unpaired) electrons. The van der Waals surface area contributed by atoms with E-state index in [1.807, 2.05) is 6.07 Å². The first-order valence-corrected chi connectivity index (χ1v) is 5.21. The number of nitrogens with one attached hydrogen (secondary N) is 1. The lowest BCUT2D eigenvalue weighted by atomic mass is 10.2. The monoisotopic (exact) mass is 230 g/mol. The molecule has 88 valence electrons. The Labute approximate surface area is 101 Å². The van der Waals surface area contributed by atoms with Crippen molar-refractivity contribution >= 4 is 0 Å². The van der Waals surface area contributed by atoms with E-state index >= 15 is 0 Å². The van der Waals surface area contributed by atoms with Crippen LogP contribution < -0.4 is 10.1 Å². The van der Waals surface area contributed by atoms with E-state index in [1.165, 1.54) is 0 Å². The molecule has 0 heterocycles. The van der Waals surface area contributed by atoms with Gasteiger partial charge in [-0.25, -0.2) is 0 Å². The van der Waals surface area contributed by atoms with Crippen LogP contribution in [0.5, 0.6) is 5.75 Å². The van der Waals surface area contributed by atoms with Crippen molar-refractivity contribution in [3.63, 3.8) is 0 Å². The fraction of sp³-hybridized carbons (Fsp3) is 0.308. The number of terminal acetylenes is 1. The third-order valence-corrected chi connectivity index (χ3v) is 2.01. The van der Waals surface area contributed by atoms with Gasteiger partial charge in [-0.1, -0.05) is 12.0 Å². The fourth-order valence-electron chi connectivity index (χ4n) is 1.22. The minimum absolute atomic E-state index is 0.159. The summed E-state index contributed by atoms with van der Waals surface area (Å²) in [6.45, 7) is 0.954. The van der Waals surface area contributed by atoms with E-state index in [1.54, 1.807) is 24.3 Å². The average molecular weight is 230 g/mol. The van der Waals surface area contributed by atoms with Gasteiger partial charge in [0.05, 0.1) is 18.2 Å². The number of nitriles is 1. The van der Waals surface area contributed by atoms with E-state index in [0.29, 0.717) is 24.4 Å². The number of rotatable bonds is 6. The average Bonchev–Trinajstić information content (AvgIpc) is 2.37. The van der Waals surface area contributed by atoms with Gasteiger partial charge in [-0.2, -0.15) is 5.26 Å². The molecule has 2 N–H and O–H groups in total. The summed E-state index contributed by atoms with van der Waals surface area (Å²) in [7, 11) is 0. The Morgan fingerprint density at radius 1 is 1.53 bits per heavy atom. The molecule has 1 atom stereocenters. The summed E-state index contributed by atoms with van der Waals surface area (Å²) >= 11 is 0. The highest BCUT2D eigenvalue weighted by molar-refractivity contribution is 5.36. The second kappa shape index (κ2) is 7.29. The summed E-state index contributed by atoms with van der Waals surface area (Å²) in [4.78, 5) is 0. The van der Waals surface area contributed by atoms with Crippen molar-refractivity contribution < 1.29 is 9.84 Å². The van der Waals surface area contributed by atoms with E-state index in [-0.39, 0.29) is 6.61 Å². The molecule has 0 saturated heterocycles. The highest BCUT2D eigenvalue weighted by atomic mass is 16.5. The SMILES string of the molecule is C#CCNCC(O)COc1cccc(C#N)c1. The Morgan fingerprint density at radius 2 is 2.35 bits per heavy atom. The molecule has 0 fully saturated rings. The lowest BCUT2D eigenvalue weighted by molar-refractivity contribution is 0.107. The van der Waals surface area contributed by atoms with Gasteiger partial charge in [0.25, 0.3) is 0 Å². The normalized spacial score (nSPS) is 11.2. The summed E-state index contributed by atoms with van der Waals surface area (Å²) in [5.41, 5.74) is 0.530. The first-order chi connectivity index (χ1) is 8.26. The van der Waals surface area contributed by atoms with Gasteiger partial charge in [-0.05, 0) is 18.2 Å². The highest BCUT2D eigenvalue weighted by Crippen LogP contribution is 2.12. The molecular formula is C13H14N2O2. The van der Waals surface area contributed by atoms with Crippen LogP contribution in [0, 0.1) is 23.7 Å². The number of aliphatic hydroxyl groups is 1. The quantitative estimate of drug-likeness (QED) is 0.552. The molecular weight excluding hydrogens is 216 g/mol. The van der Waals surface area contributed by atoms with Crippen LogP contribution in [0.2, 0.25) is 0 Å². The van der Waals surface area contributed by atoms with Gasteiger partial charge in [0.2, 0.25) is 0 Å². The molecule has 1 rings (SSSR count). The molecule has 4 heteroatoms. The van der Waals surface area contributed by atoms with Crippen molar-refractivity contribution in [3.8, 4) is 24.2 Å². The third kappa shape index (κ3) is 5.03. The molecule has 0 spiro atoms. The van der Waals surface area contributed by atoms with Crippen LogP contribution in [0.25, 0.3) is 0 Å². The number of hydrogen-bond donors (Lipinski definition) is 2. The van der Waals surface area contributed by atoms with E-state index in [9.17, 15) is 5.11 Å². The maximum atomic E-state index is 9.54. The maximum Gasteiger partial charge on any atom is 0.120 e. The van der Waals surface area contributed by atoms with Crippen molar-refractivity contribution in [1.82, 2.24) is 5.32 Å². The van der Waals surface area contributed by atoms with Gasteiger partial charge in [-0.3, -0.25) is 0 Å². The van der Waals surface area contributed by atoms with Crippen molar-refractivity contribution in [2.45, 2.75) is 6.10 Å². The van der Waals surface area contributed by atoms with Gasteiger partial charge < -0.3 is 15.2 Å². The Morgan fingerprint density at radius 3 is 3.06 bits per heavy atom. The molecule has 1 aromatic carbocycles. The third-order valence-electron chi connectivity index (χ3n) is 2.01. The predicted octanol–water partition coefficient (Wildman–Crippen LogP) is 0.521. The molecule has 0 aliphatic carbocycles. The molecule has 0 amide bonds. The van der Waals surface area contributed by atoms with Crippen LogP contribution in [0.15, 0.2) is 24.3 Å². The Hall–Kier alpha value is -2.01. The molecule has 1 unspecified atom stereocenters. The predicted molar refractivity (Wildman–Crippen MR) is 64.4 cm³/mol. The lowest BCUT2D eigenvalue weighted by Crippen LogP contribution is -2.31. The Bertz CT molecular complexity index is 432. The number of hydrogen-bond acceptors (Lipinski definition) is 4. The van der Waals surface area contributed by atoms with Crippen LogP contribution >= 0.6 is 0 Å². The zero-order valence-corrected chi connectivity index (χ0v) is 9.39. The van der Waals surface area contributed by atoms with Crippen molar-refractivity contribution in [2.75, 3.05) is 19.7 Å². The van der Waals surface area contributed by atoms with Crippen molar-refractivity contribution in [3.05, 3.63) is 29.8 Å². The van der Waals surface area contributed by atoms with Gasteiger partial charge in [0, 0.05) is 6.54 Å². The number of benzene rings is 1. The molecule has 0 aliphatic rings. The van der Waals surface area contributed by atoms with Gasteiger partial charge >= 0.3 is 0 Å². The highest BCUT2D eigenvalue weighted by Gasteiger charge is 2.04. The van der Waals surface area contributed by atoms with Gasteiger partial charge in [0.15, 0.2) is 0 Å². The summed E-state index contributed by atoms with van der Waals surface area (Å²) in [5, 5.41) is 21.1. The zero-order chi connectivity index (χ0) is 12.5. The summed E-state index contributed by atoms with van der Waals surface area (Å²) in [6, 6.07) is 8.81. The van der Waals surface area contributed by atoms with E-state index in [4.69, 9.17) is 16.4 Å². The topological polar surface area (TPSA) is 65.3 Å². The van der Waals surface area contributed by atoms with Crippen LogP contribution in [-0.4, -0.2) is 30.9 Å². The lowest BCUT2D eigenvalue weighted by Gasteiger charge is -2.12. The van der Waals surface area contributed by atoms with Crippen molar-refractivity contribution in [2.24, 2.45) is 0 Å². The summed E-state index contributed by atoms with van der Waals surface area (Å²) in [6.07, 6.45) is 4.43. The van der Waals surface area contributed by atoms with E-state index in [2.05, 4.69) is 11.2 Å². The van der Waals surface area contributed by atoms with Crippen molar-refractivity contribution in [1.29, 1.82) is 5.26 Å². The molecule has 0 bridgehead atoms. The Balaban J connectivity index is 2.35. The first kappa shape index (κ1) is 13.1. The number of nitrogens with zero attached hydrogens (tertiary/aromatic N) is 1. The second-order valence-electron chi connectivity index (χ2n) is 3.44. The Kier molecular flexibility index (Phi) is 5.60. The molecule has 17 heavy (non-hydrogen) atoms. The maximum absolute atomic E-state index is 9.54. The minimum atomic E-state index is -0.630. The van der Waals surface area contributed by atoms with Crippen LogP contribution in [0.4, 0.5) is 0 Å². The van der Waals surface area contributed by atoms with Crippen LogP contribution in [-0.2, 0) is 0 Å².